The first-order valence-corrected chi connectivity index (χ1v) is 4.03. The Kier molecular flexibility index (Phi) is 1.14. The van der Waals surface area contributed by atoms with Gasteiger partial charge in [0.25, 0.3) is 0 Å². The van der Waals surface area contributed by atoms with Crippen LogP contribution in [0, 0.1) is 0 Å². The summed E-state index contributed by atoms with van der Waals surface area (Å²) in [6.07, 6.45) is -0.735. The summed E-state index contributed by atoms with van der Waals surface area (Å²) in [6.45, 7) is 0. The molecule has 0 aromatic carbocycles. The summed E-state index contributed by atoms with van der Waals surface area (Å²) in [4.78, 5) is 11.1. The maximum atomic E-state index is 7.65. The smallest absolute Gasteiger partial charge is 0.236 e. The minimum atomic E-state index is -0.365. The van der Waals surface area contributed by atoms with Gasteiger partial charge in [0.2, 0.25) is 5.95 Å². The quantitative estimate of drug-likeness (QED) is 0.812. The molecule has 0 fully saturated rings. The van der Waals surface area contributed by atoms with E-state index in [1.54, 1.807) is 0 Å². The Morgan fingerprint density at radius 2 is 2.38 bits per heavy atom. The Morgan fingerprint density at radius 1 is 1.54 bits per heavy atom. The third-order valence-electron chi connectivity index (χ3n) is 1.21. The standard InChI is InChI=1S/C7H6BrN5/c8-5-3-13(4-11-5)7-10-2-1-6(9)12-7/h1-4H,(H2,9,10,12)/i1D,2D,3D,4D. The number of halogens is 1. The van der Waals surface area contributed by atoms with E-state index in [0.29, 0.717) is 0 Å². The van der Waals surface area contributed by atoms with Gasteiger partial charge in [0.15, 0.2) is 0 Å². The van der Waals surface area contributed by atoms with E-state index >= 15 is 0 Å². The highest BCUT2D eigenvalue weighted by atomic mass is 79.9. The molecular weight excluding hydrogens is 234 g/mol. The molecule has 0 spiro atoms. The highest BCUT2D eigenvalue weighted by molar-refractivity contribution is 9.10. The molecule has 6 heteroatoms. The molecule has 0 amide bonds. The molecule has 2 aromatic heterocycles. The first-order chi connectivity index (χ1) is 7.91. The number of nitrogens with zero attached hydrogens (tertiary/aromatic N) is 4. The molecule has 13 heavy (non-hydrogen) atoms. The van der Waals surface area contributed by atoms with Gasteiger partial charge in [0, 0.05) is 12.3 Å². The molecule has 0 aliphatic heterocycles. The molecule has 2 N–H and O–H groups in total. The fraction of sp³-hybridized carbons (Fsp3) is 0. The van der Waals surface area contributed by atoms with Gasteiger partial charge in [0.1, 0.15) is 18.1 Å². The van der Waals surface area contributed by atoms with E-state index in [0.717, 1.165) is 4.57 Å². The lowest BCUT2D eigenvalue weighted by molar-refractivity contribution is 0.929. The molecule has 0 radical (unpaired) electrons. The van der Waals surface area contributed by atoms with Crippen molar-refractivity contribution in [2.45, 2.75) is 0 Å². The van der Waals surface area contributed by atoms with E-state index in [4.69, 9.17) is 11.2 Å². The number of hydrogen-bond acceptors (Lipinski definition) is 4. The highest BCUT2D eigenvalue weighted by Crippen LogP contribution is 2.08. The Morgan fingerprint density at radius 3 is 3.00 bits per heavy atom. The Balaban J connectivity index is 2.69. The number of aromatic nitrogens is 4. The fourth-order valence-electron chi connectivity index (χ4n) is 0.727. The SMILES string of the molecule is [2H]c1nc(-n2c([2H])nc(Br)c2[2H])nc(N)c1[2H]. The number of anilines is 1. The van der Waals surface area contributed by atoms with Crippen LogP contribution in [0.3, 0.4) is 0 Å². The monoisotopic (exact) mass is 243 g/mol. The summed E-state index contributed by atoms with van der Waals surface area (Å²) in [5.74, 6) is -0.291. The van der Waals surface area contributed by atoms with Crippen molar-refractivity contribution in [1.29, 1.82) is 0 Å². The Bertz CT molecular complexity index is 575. The van der Waals surface area contributed by atoms with Crippen molar-refractivity contribution in [2.24, 2.45) is 0 Å². The van der Waals surface area contributed by atoms with Crippen LogP contribution >= 0.6 is 15.9 Å². The maximum Gasteiger partial charge on any atom is 0.236 e. The second-order valence-electron chi connectivity index (χ2n) is 2.10. The van der Waals surface area contributed by atoms with Crippen LogP contribution in [0.2, 0.25) is 0 Å². The third kappa shape index (κ3) is 1.67. The lowest BCUT2D eigenvalue weighted by Crippen LogP contribution is -2.00. The highest BCUT2D eigenvalue weighted by Gasteiger charge is 2.00. The van der Waals surface area contributed by atoms with Crippen molar-refractivity contribution < 1.29 is 5.48 Å². The summed E-state index contributed by atoms with van der Waals surface area (Å²) in [5, 5.41) is 0. The zero-order valence-corrected chi connectivity index (χ0v) is 7.83. The van der Waals surface area contributed by atoms with E-state index in [1.807, 2.05) is 0 Å². The molecule has 0 saturated carbocycles. The second kappa shape index (κ2) is 3.14. The van der Waals surface area contributed by atoms with Gasteiger partial charge >= 0.3 is 0 Å². The van der Waals surface area contributed by atoms with E-state index in [1.165, 1.54) is 0 Å². The van der Waals surface area contributed by atoms with Crippen LogP contribution in [0.1, 0.15) is 5.48 Å². The largest absolute Gasteiger partial charge is 0.384 e. The molecule has 66 valence electrons. The normalized spacial score (nSPS) is 14.5. The van der Waals surface area contributed by atoms with Crippen molar-refractivity contribution >= 4 is 21.7 Å². The predicted molar refractivity (Wildman–Crippen MR) is 51.3 cm³/mol. The predicted octanol–water partition coefficient (Wildman–Crippen LogP) is 1.01. The topological polar surface area (TPSA) is 69.6 Å². The summed E-state index contributed by atoms with van der Waals surface area (Å²) in [5.41, 5.74) is 5.44. The summed E-state index contributed by atoms with van der Waals surface area (Å²) in [7, 11) is 0. The van der Waals surface area contributed by atoms with Gasteiger partial charge in [-0.15, -0.1) is 0 Å². The van der Waals surface area contributed by atoms with Crippen molar-refractivity contribution in [1.82, 2.24) is 19.5 Å². The zero-order valence-electron chi connectivity index (χ0n) is 10.2. The van der Waals surface area contributed by atoms with Crippen molar-refractivity contribution in [2.75, 3.05) is 5.73 Å². The van der Waals surface area contributed by atoms with Gasteiger partial charge in [0.05, 0.1) is 4.11 Å². The van der Waals surface area contributed by atoms with Gasteiger partial charge in [-0.3, -0.25) is 4.57 Å². The summed E-state index contributed by atoms with van der Waals surface area (Å²) >= 11 is 3.01. The maximum absolute atomic E-state index is 7.65. The van der Waals surface area contributed by atoms with Crippen LogP contribution in [0.5, 0.6) is 0 Å². The van der Waals surface area contributed by atoms with Crippen molar-refractivity contribution in [3.8, 4) is 5.95 Å². The van der Waals surface area contributed by atoms with Gasteiger partial charge in [-0.25, -0.2) is 9.97 Å². The lowest BCUT2D eigenvalue weighted by Gasteiger charge is -1.98. The molecule has 0 atom stereocenters. The molecule has 0 unspecified atom stereocenters. The number of imidazole rings is 1. The van der Waals surface area contributed by atoms with Crippen molar-refractivity contribution in [3.05, 3.63) is 29.3 Å². The molecular formula is C7H6BrN5. The van der Waals surface area contributed by atoms with E-state index in [-0.39, 0.29) is 41.1 Å². The Labute approximate surface area is 88.4 Å². The molecule has 2 aromatic rings. The lowest BCUT2D eigenvalue weighted by atomic mass is 10.6. The fourth-order valence-corrected chi connectivity index (χ4v) is 0.983. The summed E-state index contributed by atoms with van der Waals surface area (Å²) < 4.78 is 31.1. The zero-order chi connectivity index (χ0) is 12.7. The third-order valence-corrected chi connectivity index (χ3v) is 1.57. The van der Waals surface area contributed by atoms with Gasteiger partial charge in [-0.2, -0.15) is 4.98 Å². The summed E-state index contributed by atoms with van der Waals surface area (Å²) in [6, 6.07) is -0.286. The van der Waals surface area contributed by atoms with Gasteiger partial charge < -0.3 is 5.73 Å². The van der Waals surface area contributed by atoms with Crippen molar-refractivity contribution in [3.63, 3.8) is 0 Å². The van der Waals surface area contributed by atoms with Crippen LogP contribution in [-0.2, 0) is 0 Å². The molecule has 0 bridgehead atoms. The Hall–Kier alpha value is -1.43. The van der Waals surface area contributed by atoms with Crippen LogP contribution in [0.15, 0.2) is 29.3 Å². The van der Waals surface area contributed by atoms with E-state index in [2.05, 4.69) is 30.9 Å². The van der Waals surface area contributed by atoms with Crippen LogP contribution in [-0.4, -0.2) is 19.5 Å². The first kappa shape index (κ1) is 4.71. The minimum absolute atomic E-state index is 0.114. The van der Waals surface area contributed by atoms with Crippen LogP contribution in [0.25, 0.3) is 5.95 Å². The van der Waals surface area contributed by atoms with E-state index in [9.17, 15) is 0 Å². The number of nitrogens with two attached hydrogens (primary N) is 1. The number of rotatable bonds is 1. The molecule has 5 nitrogen and oxygen atoms in total. The van der Waals surface area contributed by atoms with Gasteiger partial charge in [-0.1, -0.05) is 0 Å². The molecule has 0 saturated heterocycles. The first-order valence-electron chi connectivity index (χ1n) is 5.24. The van der Waals surface area contributed by atoms with Gasteiger partial charge in [-0.05, 0) is 22.0 Å². The average Bonchev–Trinajstić information content (AvgIpc) is 2.49. The molecule has 2 rings (SSSR count). The number of hydrogen-bond donors (Lipinski definition) is 1. The molecule has 2 heterocycles. The molecule has 0 aliphatic carbocycles. The van der Waals surface area contributed by atoms with Crippen LogP contribution < -0.4 is 5.73 Å². The van der Waals surface area contributed by atoms with E-state index < -0.39 is 0 Å². The average molecular weight is 244 g/mol. The number of nitrogen functional groups attached to an aromatic ring is 1. The molecule has 0 aliphatic rings. The minimum Gasteiger partial charge on any atom is -0.384 e. The van der Waals surface area contributed by atoms with Crippen LogP contribution in [0.4, 0.5) is 5.82 Å². The second-order valence-corrected chi connectivity index (χ2v) is 2.85.